The first-order valence-corrected chi connectivity index (χ1v) is 4.40. The van der Waals surface area contributed by atoms with Crippen LogP contribution in [0.5, 0.6) is 0 Å². The fourth-order valence-electron chi connectivity index (χ4n) is 1.32. The van der Waals surface area contributed by atoms with Crippen LogP contribution in [0.1, 0.15) is 26.7 Å². The van der Waals surface area contributed by atoms with Crippen LogP contribution in [0.25, 0.3) is 0 Å². The Labute approximate surface area is 72.1 Å². The third-order valence-corrected chi connectivity index (χ3v) is 2.14. The van der Waals surface area contributed by atoms with Gasteiger partial charge in [0.05, 0.1) is 12.5 Å². The standard InChI is InChI=1S/C9H14O3/c1-3-8(10)6-5-7(6)9(11)12-4-2/h6-7H,3-5H2,1-2H3/t6-,7-/m0/s1. The second kappa shape index (κ2) is 3.70. The summed E-state index contributed by atoms with van der Waals surface area (Å²) in [7, 11) is 0. The number of esters is 1. The largest absolute Gasteiger partial charge is 0.466 e. The summed E-state index contributed by atoms with van der Waals surface area (Å²) >= 11 is 0. The number of hydrogen-bond acceptors (Lipinski definition) is 3. The summed E-state index contributed by atoms with van der Waals surface area (Å²) in [5.41, 5.74) is 0. The molecular formula is C9H14O3. The summed E-state index contributed by atoms with van der Waals surface area (Å²) in [5.74, 6) is -0.177. The van der Waals surface area contributed by atoms with E-state index in [4.69, 9.17) is 4.74 Å². The highest BCUT2D eigenvalue weighted by molar-refractivity contribution is 5.91. The minimum absolute atomic E-state index is 0.0333. The fourth-order valence-corrected chi connectivity index (χ4v) is 1.32. The Hall–Kier alpha value is -0.860. The van der Waals surface area contributed by atoms with Crippen LogP contribution in [0.3, 0.4) is 0 Å². The molecule has 2 atom stereocenters. The van der Waals surface area contributed by atoms with Crippen molar-refractivity contribution in [1.29, 1.82) is 0 Å². The SMILES string of the molecule is CCOC(=O)[C@H]1C[C@@H]1C(=O)CC. The molecule has 0 N–H and O–H groups in total. The highest BCUT2D eigenvalue weighted by atomic mass is 16.5. The van der Waals surface area contributed by atoms with Crippen LogP contribution in [0.15, 0.2) is 0 Å². The van der Waals surface area contributed by atoms with Crippen LogP contribution in [0.2, 0.25) is 0 Å². The Kier molecular flexibility index (Phi) is 2.84. The van der Waals surface area contributed by atoms with Gasteiger partial charge in [-0.25, -0.2) is 0 Å². The minimum Gasteiger partial charge on any atom is -0.466 e. The molecular weight excluding hydrogens is 156 g/mol. The maximum atomic E-state index is 11.1. The quantitative estimate of drug-likeness (QED) is 0.595. The van der Waals surface area contributed by atoms with E-state index in [1.165, 1.54) is 0 Å². The molecule has 1 rings (SSSR count). The Balaban J connectivity index is 2.32. The zero-order valence-electron chi connectivity index (χ0n) is 7.50. The molecule has 0 aromatic carbocycles. The first-order chi connectivity index (χ1) is 5.70. The van der Waals surface area contributed by atoms with Crippen LogP contribution in [-0.4, -0.2) is 18.4 Å². The monoisotopic (exact) mass is 170 g/mol. The van der Waals surface area contributed by atoms with Crippen LogP contribution in [0.4, 0.5) is 0 Å². The van der Waals surface area contributed by atoms with E-state index in [1.807, 2.05) is 6.92 Å². The van der Waals surface area contributed by atoms with Gasteiger partial charge in [-0.15, -0.1) is 0 Å². The normalized spacial score (nSPS) is 26.5. The molecule has 12 heavy (non-hydrogen) atoms. The summed E-state index contributed by atoms with van der Waals surface area (Å²) in [6, 6.07) is 0. The minimum atomic E-state index is -0.204. The predicted octanol–water partition coefficient (Wildman–Crippen LogP) is 1.16. The molecule has 3 heteroatoms. The third kappa shape index (κ3) is 1.84. The van der Waals surface area contributed by atoms with Gasteiger partial charge in [-0.2, -0.15) is 0 Å². The number of carbonyl (C=O) groups is 2. The van der Waals surface area contributed by atoms with Gasteiger partial charge in [0.1, 0.15) is 5.78 Å². The number of rotatable bonds is 4. The average molecular weight is 170 g/mol. The molecule has 0 spiro atoms. The molecule has 1 saturated carbocycles. The first kappa shape index (κ1) is 9.23. The van der Waals surface area contributed by atoms with E-state index in [1.54, 1.807) is 6.92 Å². The topological polar surface area (TPSA) is 43.4 Å². The molecule has 0 aliphatic heterocycles. The number of ether oxygens (including phenoxy) is 1. The van der Waals surface area contributed by atoms with Crippen LogP contribution >= 0.6 is 0 Å². The predicted molar refractivity (Wildman–Crippen MR) is 43.5 cm³/mol. The van der Waals surface area contributed by atoms with Crippen molar-refractivity contribution in [1.82, 2.24) is 0 Å². The van der Waals surface area contributed by atoms with Crippen molar-refractivity contribution in [2.24, 2.45) is 11.8 Å². The summed E-state index contributed by atoms with van der Waals surface area (Å²) in [4.78, 5) is 22.1. The van der Waals surface area contributed by atoms with Gasteiger partial charge in [0.25, 0.3) is 0 Å². The highest BCUT2D eigenvalue weighted by Gasteiger charge is 2.47. The molecule has 0 amide bonds. The maximum Gasteiger partial charge on any atom is 0.309 e. The molecule has 0 heterocycles. The van der Waals surface area contributed by atoms with Gasteiger partial charge >= 0.3 is 5.97 Å². The zero-order valence-corrected chi connectivity index (χ0v) is 7.50. The number of ketones is 1. The molecule has 0 aromatic rings. The lowest BCUT2D eigenvalue weighted by atomic mass is 10.2. The molecule has 0 unspecified atom stereocenters. The van der Waals surface area contributed by atoms with Gasteiger partial charge in [-0.1, -0.05) is 6.92 Å². The molecule has 68 valence electrons. The van der Waals surface area contributed by atoms with Crippen molar-refractivity contribution in [2.45, 2.75) is 26.7 Å². The van der Waals surface area contributed by atoms with Crippen molar-refractivity contribution < 1.29 is 14.3 Å². The summed E-state index contributed by atoms with van der Waals surface area (Å²) in [6.07, 6.45) is 1.23. The van der Waals surface area contributed by atoms with E-state index in [-0.39, 0.29) is 23.6 Å². The Morgan fingerprint density at radius 3 is 2.50 bits per heavy atom. The molecule has 0 saturated heterocycles. The Morgan fingerprint density at radius 1 is 1.33 bits per heavy atom. The second-order valence-electron chi connectivity index (χ2n) is 3.02. The molecule has 0 radical (unpaired) electrons. The van der Waals surface area contributed by atoms with E-state index in [0.29, 0.717) is 19.4 Å². The molecule has 1 fully saturated rings. The van der Waals surface area contributed by atoms with Crippen molar-refractivity contribution in [3.63, 3.8) is 0 Å². The summed E-state index contributed by atoms with van der Waals surface area (Å²) in [6.45, 7) is 4.00. The average Bonchev–Trinajstić information content (AvgIpc) is 2.82. The van der Waals surface area contributed by atoms with Crippen molar-refractivity contribution in [3.05, 3.63) is 0 Å². The Morgan fingerprint density at radius 2 is 2.00 bits per heavy atom. The van der Waals surface area contributed by atoms with Gasteiger partial charge in [-0.05, 0) is 13.3 Å². The van der Waals surface area contributed by atoms with Gasteiger partial charge in [0, 0.05) is 12.3 Å². The van der Waals surface area contributed by atoms with Gasteiger partial charge in [0.15, 0.2) is 0 Å². The van der Waals surface area contributed by atoms with Crippen molar-refractivity contribution in [3.8, 4) is 0 Å². The molecule has 0 bridgehead atoms. The third-order valence-electron chi connectivity index (χ3n) is 2.14. The van der Waals surface area contributed by atoms with Crippen molar-refractivity contribution >= 4 is 11.8 Å². The smallest absolute Gasteiger partial charge is 0.309 e. The Bertz CT molecular complexity index is 198. The molecule has 1 aliphatic rings. The zero-order chi connectivity index (χ0) is 9.14. The number of Topliss-reactive ketones (excluding diaryl/α,β-unsaturated/α-hetero) is 1. The lowest BCUT2D eigenvalue weighted by molar-refractivity contribution is -0.145. The molecule has 1 aliphatic carbocycles. The molecule has 3 nitrogen and oxygen atoms in total. The van der Waals surface area contributed by atoms with Crippen LogP contribution in [-0.2, 0) is 14.3 Å². The maximum absolute atomic E-state index is 11.1. The molecule has 0 aromatic heterocycles. The fraction of sp³-hybridized carbons (Fsp3) is 0.778. The lowest BCUT2D eigenvalue weighted by Crippen LogP contribution is -2.10. The number of hydrogen-bond donors (Lipinski definition) is 0. The van der Waals surface area contributed by atoms with Gasteiger partial charge in [0.2, 0.25) is 0 Å². The van der Waals surface area contributed by atoms with E-state index < -0.39 is 0 Å². The van der Waals surface area contributed by atoms with E-state index in [0.717, 1.165) is 0 Å². The van der Waals surface area contributed by atoms with Gasteiger partial charge < -0.3 is 4.74 Å². The van der Waals surface area contributed by atoms with E-state index in [2.05, 4.69) is 0 Å². The van der Waals surface area contributed by atoms with Crippen LogP contribution < -0.4 is 0 Å². The number of carbonyl (C=O) groups excluding carboxylic acids is 2. The van der Waals surface area contributed by atoms with Crippen LogP contribution in [0, 0.1) is 11.8 Å². The van der Waals surface area contributed by atoms with Crippen molar-refractivity contribution in [2.75, 3.05) is 6.61 Å². The highest BCUT2D eigenvalue weighted by Crippen LogP contribution is 2.40. The van der Waals surface area contributed by atoms with E-state index >= 15 is 0 Å². The second-order valence-corrected chi connectivity index (χ2v) is 3.02. The first-order valence-electron chi connectivity index (χ1n) is 4.40. The summed E-state index contributed by atoms with van der Waals surface area (Å²) < 4.78 is 4.80. The lowest BCUT2D eigenvalue weighted by Gasteiger charge is -1.98. The van der Waals surface area contributed by atoms with Gasteiger partial charge in [-0.3, -0.25) is 9.59 Å². The summed E-state index contributed by atoms with van der Waals surface area (Å²) in [5, 5.41) is 0. The van der Waals surface area contributed by atoms with E-state index in [9.17, 15) is 9.59 Å².